The molecule has 2 aromatic rings. The summed E-state index contributed by atoms with van der Waals surface area (Å²) in [6.45, 7) is 1.47. The van der Waals surface area contributed by atoms with Crippen LogP contribution in [0.5, 0.6) is 0 Å². The zero-order chi connectivity index (χ0) is 25.0. The average Bonchev–Trinajstić information content (AvgIpc) is 2.90. The summed E-state index contributed by atoms with van der Waals surface area (Å²) in [5, 5.41) is 21.9. The molecule has 11 heteroatoms. The van der Waals surface area contributed by atoms with Gasteiger partial charge in [-0.2, -0.15) is 0 Å². The fourth-order valence-corrected chi connectivity index (χ4v) is 7.80. The maximum atomic E-state index is 13.5. The predicted molar refractivity (Wildman–Crippen MR) is 119 cm³/mol. The molecule has 2 aromatic carbocycles. The van der Waals surface area contributed by atoms with E-state index in [0.717, 1.165) is 6.07 Å². The van der Waals surface area contributed by atoms with E-state index in [4.69, 9.17) is 11.6 Å². The van der Waals surface area contributed by atoms with Gasteiger partial charge in [-0.05, 0) is 55.2 Å². The van der Waals surface area contributed by atoms with Gasteiger partial charge in [0.2, 0.25) is 0 Å². The highest BCUT2D eigenvalue weighted by molar-refractivity contribution is 7.92. The maximum absolute atomic E-state index is 13.5. The van der Waals surface area contributed by atoms with Gasteiger partial charge in [0.1, 0.15) is 0 Å². The number of carbonyl (C=O) groups is 1. The molecular formula is C23H23ClF3NO5S. The molecule has 184 valence electrons. The lowest BCUT2D eigenvalue weighted by molar-refractivity contribution is -0.0985. The summed E-state index contributed by atoms with van der Waals surface area (Å²) in [4.78, 5) is 12.3. The lowest BCUT2D eigenvalue weighted by atomic mass is 9.74. The first-order valence-electron chi connectivity index (χ1n) is 10.7. The number of hydrogen-bond donors (Lipinski definition) is 3. The van der Waals surface area contributed by atoms with Crippen LogP contribution >= 0.6 is 11.6 Å². The van der Waals surface area contributed by atoms with Crippen LogP contribution in [0.25, 0.3) is 0 Å². The lowest BCUT2D eigenvalue weighted by Crippen LogP contribution is -2.51. The normalized spacial score (nSPS) is 28.7. The maximum Gasteiger partial charge on any atom is 0.255 e. The molecule has 0 radical (unpaired) electrons. The van der Waals surface area contributed by atoms with E-state index in [9.17, 15) is 36.6 Å². The first-order chi connectivity index (χ1) is 15.9. The van der Waals surface area contributed by atoms with Crippen molar-refractivity contribution in [2.75, 3.05) is 11.9 Å². The molecule has 34 heavy (non-hydrogen) atoms. The van der Waals surface area contributed by atoms with Gasteiger partial charge in [-0.25, -0.2) is 21.6 Å². The summed E-state index contributed by atoms with van der Waals surface area (Å²) in [5.74, 6) is -6.28. The van der Waals surface area contributed by atoms with Crippen molar-refractivity contribution in [1.82, 2.24) is 0 Å². The van der Waals surface area contributed by atoms with Gasteiger partial charge in [0.15, 0.2) is 27.3 Å². The second kappa shape index (κ2) is 8.82. The Labute approximate surface area is 199 Å². The highest BCUT2D eigenvalue weighted by Gasteiger charge is 2.58. The van der Waals surface area contributed by atoms with Gasteiger partial charge in [-0.3, -0.25) is 4.79 Å². The molecule has 2 aliphatic carbocycles. The molecule has 3 N–H and O–H groups in total. The topological polar surface area (TPSA) is 104 Å². The third-order valence-electron chi connectivity index (χ3n) is 7.19. The summed E-state index contributed by atoms with van der Waals surface area (Å²) in [6, 6.07) is 4.78. The van der Waals surface area contributed by atoms with E-state index in [1.165, 1.54) is 12.1 Å². The average molecular weight is 518 g/mol. The fourth-order valence-electron chi connectivity index (χ4n) is 5.42. The van der Waals surface area contributed by atoms with Crippen LogP contribution in [0.1, 0.15) is 36.5 Å². The smallest absolute Gasteiger partial charge is 0.255 e. The van der Waals surface area contributed by atoms with Crippen LogP contribution < -0.4 is 5.32 Å². The van der Waals surface area contributed by atoms with Crippen molar-refractivity contribution in [2.24, 2.45) is 17.8 Å². The standard InChI is InChI=1S/C23H23ClF3NO5S/c1-11-4-13-6-15(9-16(11)23(13,31)10-29)34(32,33)20-5-12(2-3-17(20)24)22(30)28-14-7-18(25)21(27)19(26)8-14/h2-3,5,7-8,11,13,15-16,29,31H,4,6,9-10H2,1H3,(H,28,30)/t11-,13?,15?,16+,23+/m0/s1. The van der Waals surface area contributed by atoms with Gasteiger partial charge in [0.05, 0.1) is 27.4 Å². The van der Waals surface area contributed by atoms with Gasteiger partial charge < -0.3 is 15.5 Å². The van der Waals surface area contributed by atoms with E-state index in [-0.39, 0.29) is 45.8 Å². The summed E-state index contributed by atoms with van der Waals surface area (Å²) >= 11 is 6.18. The summed E-state index contributed by atoms with van der Waals surface area (Å²) < 4.78 is 67.0. The molecule has 6 nitrogen and oxygen atoms in total. The zero-order valence-electron chi connectivity index (χ0n) is 18.1. The molecule has 4 rings (SSSR count). The Morgan fingerprint density at radius 1 is 1.15 bits per heavy atom. The molecule has 0 saturated heterocycles. The van der Waals surface area contributed by atoms with Crippen molar-refractivity contribution in [1.29, 1.82) is 0 Å². The van der Waals surface area contributed by atoms with Crippen LogP contribution in [0.3, 0.4) is 0 Å². The minimum absolute atomic E-state index is 0.0337. The van der Waals surface area contributed by atoms with Crippen LogP contribution in [0.15, 0.2) is 35.2 Å². The number of fused-ring (bicyclic) bond motifs is 2. The molecule has 0 aromatic heterocycles. The highest BCUT2D eigenvalue weighted by Crippen LogP contribution is 2.54. The molecule has 2 bridgehead atoms. The number of carbonyl (C=O) groups excluding carboxylic acids is 1. The Kier molecular flexibility index (Phi) is 6.48. The van der Waals surface area contributed by atoms with E-state index in [0.29, 0.717) is 18.6 Å². The number of rotatable bonds is 5. The molecular weight excluding hydrogens is 495 g/mol. The van der Waals surface area contributed by atoms with Crippen molar-refractivity contribution in [3.63, 3.8) is 0 Å². The summed E-state index contributed by atoms with van der Waals surface area (Å²) in [5.41, 5.74) is -1.80. The van der Waals surface area contributed by atoms with Crippen LogP contribution in [0.4, 0.5) is 18.9 Å². The lowest BCUT2D eigenvalue weighted by Gasteiger charge is -2.41. The highest BCUT2D eigenvalue weighted by atomic mass is 35.5. The van der Waals surface area contributed by atoms with E-state index in [2.05, 4.69) is 5.32 Å². The Hall–Kier alpha value is -2.14. The Morgan fingerprint density at radius 2 is 1.79 bits per heavy atom. The molecule has 2 saturated carbocycles. The molecule has 2 fully saturated rings. The van der Waals surface area contributed by atoms with Gasteiger partial charge in [-0.15, -0.1) is 0 Å². The van der Waals surface area contributed by atoms with Crippen LogP contribution in [-0.4, -0.2) is 42.0 Å². The number of sulfone groups is 1. The predicted octanol–water partition coefficient (Wildman–Crippen LogP) is 3.94. The second-order valence-corrected chi connectivity index (χ2v) is 11.8. The minimum Gasteiger partial charge on any atom is -0.393 e. The number of aliphatic hydroxyl groups excluding tert-OH is 1. The quantitative estimate of drug-likeness (QED) is 0.521. The molecule has 0 heterocycles. The first-order valence-corrected chi connectivity index (χ1v) is 12.6. The first kappa shape index (κ1) is 25.0. The van der Waals surface area contributed by atoms with Gasteiger partial charge in [0, 0.05) is 23.4 Å². The number of aliphatic hydroxyl groups is 2. The number of nitrogens with one attached hydrogen (secondary N) is 1. The molecule has 0 aliphatic heterocycles. The largest absolute Gasteiger partial charge is 0.393 e. The third kappa shape index (κ3) is 4.10. The molecule has 2 aliphatic rings. The number of anilines is 1. The van der Waals surface area contributed by atoms with E-state index in [1.54, 1.807) is 0 Å². The monoisotopic (exact) mass is 517 g/mol. The minimum atomic E-state index is -4.02. The van der Waals surface area contributed by atoms with E-state index >= 15 is 0 Å². The van der Waals surface area contributed by atoms with Crippen LogP contribution in [0, 0.1) is 35.2 Å². The number of amides is 1. The summed E-state index contributed by atoms with van der Waals surface area (Å²) in [6.07, 6.45) is 0.869. The fraction of sp³-hybridized carbons (Fsp3) is 0.435. The molecule has 5 atom stereocenters. The van der Waals surface area contributed by atoms with Crippen LogP contribution in [0.2, 0.25) is 5.02 Å². The number of hydrogen-bond acceptors (Lipinski definition) is 5. The van der Waals surface area contributed by atoms with E-state index in [1.807, 2.05) is 6.92 Å². The van der Waals surface area contributed by atoms with Crippen molar-refractivity contribution in [2.45, 2.75) is 41.9 Å². The van der Waals surface area contributed by atoms with Gasteiger partial charge >= 0.3 is 0 Å². The zero-order valence-corrected chi connectivity index (χ0v) is 19.6. The Bertz CT molecular complexity index is 1230. The number of benzene rings is 2. The van der Waals surface area contributed by atoms with Crippen LogP contribution in [-0.2, 0) is 9.84 Å². The van der Waals surface area contributed by atoms with E-state index < -0.39 is 56.6 Å². The van der Waals surface area contributed by atoms with Crippen molar-refractivity contribution < 1.29 is 36.6 Å². The van der Waals surface area contributed by atoms with Gasteiger partial charge in [-0.1, -0.05) is 18.5 Å². The molecule has 2 unspecified atom stereocenters. The summed E-state index contributed by atoms with van der Waals surface area (Å²) in [7, 11) is -4.02. The Balaban J connectivity index is 1.61. The third-order valence-corrected chi connectivity index (χ3v) is 9.85. The van der Waals surface area contributed by atoms with Crippen molar-refractivity contribution >= 4 is 33.0 Å². The molecule has 0 spiro atoms. The Morgan fingerprint density at radius 3 is 2.38 bits per heavy atom. The van der Waals surface area contributed by atoms with Crippen molar-refractivity contribution in [3.05, 3.63) is 58.4 Å². The molecule has 1 amide bonds. The SMILES string of the molecule is C[C@H]1CC2CC(S(=O)(=O)c3cc(C(=O)Nc4cc(F)c(F)c(F)c4)ccc3Cl)C[C@H]1[C@@]2(O)CO. The van der Waals surface area contributed by atoms with Crippen molar-refractivity contribution in [3.8, 4) is 0 Å². The second-order valence-electron chi connectivity index (χ2n) is 9.16. The number of halogens is 4. The van der Waals surface area contributed by atoms with Gasteiger partial charge in [0.25, 0.3) is 5.91 Å².